The van der Waals surface area contributed by atoms with Gasteiger partial charge in [0, 0.05) is 12.7 Å². The summed E-state index contributed by atoms with van der Waals surface area (Å²) in [6.45, 7) is 0.769. The van der Waals surface area contributed by atoms with Crippen molar-refractivity contribution in [2.24, 2.45) is 0 Å². The molecular weight excluding hydrogens is 266 g/mol. The van der Waals surface area contributed by atoms with Crippen molar-refractivity contribution in [3.8, 4) is 6.07 Å². The molecule has 4 heteroatoms. The maximum Gasteiger partial charge on any atom is 0.113 e. The summed E-state index contributed by atoms with van der Waals surface area (Å²) in [5.74, 6) is 0. The quantitative estimate of drug-likeness (QED) is 0.732. The Morgan fingerprint density at radius 2 is 1.90 bits per heavy atom. The van der Waals surface area contributed by atoms with Crippen molar-refractivity contribution in [2.45, 2.75) is 6.54 Å². The number of para-hydroxylation sites is 1. The highest BCUT2D eigenvalue weighted by molar-refractivity contribution is 7.18. The van der Waals surface area contributed by atoms with Gasteiger partial charge in [-0.25, -0.2) is 4.98 Å². The van der Waals surface area contributed by atoms with Gasteiger partial charge in [0.25, 0.3) is 0 Å². The Morgan fingerprint density at radius 1 is 1.15 bits per heavy atom. The Labute approximate surface area is 121 Å². The second kappa shape index (κ2) is 5.32. The molecule has 0 bridgehead atoms. The minimum atomic E-state index is 0.683. The van der Waals surface area contributed by atoms with Crippen LogP contribution in [0.4, 0.5) is 5.69 Å². The molecule has 0 saturated carbocycles. The second-order valence-electron chi connectivity index (χ2n) is 4.59. The first-order chi connectivity index (χ1) is 9.76. The predicted octanol–water partition coefficient (Wildman–Crippen LogP) is 3.80. The molecule has 3 aromatic rings. The van der Waals surface area contributed by atoms with Crippen LogP contribution in [0.25, 0.3) is 10.2 Å². The van der Waals surface area contributed by atoms with Gasteiger partial charge in [0.1, 0.15) is 5.01 Å². The summed E-state index contributed by atoms with van der Waals surface area (Å²) in [6.07, 6.45) is 0. The summed E-state index contributed by atoms with van der Waals surface area (Å²) in [5.41, 5.74) is 2.83. The van der Waals surface area contributed by atoms with Gasteiger partial charge in [-0.15, -0.1) is 11.3 Å². The third kappa shape index (κ3) is 2.49. The zero-order valence-electron chi connectivity index (χ0n) is 11.1. The molecule has 0 atom stereocenters. The monoisotopic (exact) mass is 279 g/mol. The lowest BCUT2D eigenvalue weighted by molar-refractivity contribution is 0.914. The Kier molecular flexibility index (Phi) is 3.36. The van der Waals surface area contributed by atoms with Crippen LogP contribution in [-0.4, -0.2) is 12.0 Å². The summed E-state index contributed by atoms with van der Waals surface area (Å²) >= 11 is 1.72. The van der Waals surface area contributed by atoms with Crippen LogP contribution in [0.5, 0.6) is 0 Å². The molecule has 98 valence electrons. The summed E-state index contributed by atoms with van der Waals surface area (Å²) in [4.78, 5) is 6.77. The number of aromatic nitrogens is 1. The highest BCUT2D eigenvalue weighted by Gasteiger charge is 2.07. The molecule has 0 radical (unpaired) electrons. The van der Waals surface area contributed by atoms with Crippen LogP contribution >= 0.6 is 11.3 Å². The van der Waals surface area contributed by atoms with Crippen LogP contribution in [0, 0.1) is 11.3 Å². The van der Waals surface area contributed by atoms with Crippen LogP contribution < -0.4 is 4.90 Å². The maximum atomic E-state index is 8.81. The van der Waals surface area contributed by atoms with Crippen LogP contribution in [0.15, 0.2) is 48.5 Å². The molecule has 20 heavy (non-hydrogen) atoms. The fraction of sp³-hybridized carbons (Fsp3) is 0.125. The van der Waals surface area contributed by atoms with E-state index in [-0.39, 0.29) is 0 Å². The van der Waals surface area contributed by atoms with Gasteiger partial charge in [0.05, 0.1) is 28.4 Å². The molecule has 2 aromatic carbocycles. The van der Waals surface area contributed by atoms with Gasteiger partial charge >= 0.3 is 0 Å². The molecule has 3 nitrogen and oxygen atoms in total. The van der Waals surface area contributed by atoms with Gasteiger partial charge in [-0.3, -0.25) is 0 Å². The molecule has 0 saturated heterocycles. The van der Waals surface area contributed by atoms with E-state index in [2.05, 4.69) is 22.0 Å². The van der Waals surface area contributed by atoms with E-state index in [4.69, 9.17) is 5.26 Å². The second-order valence-corrected chi connectivity index (χ2v) is 5.71. The Morgan fingerprint density at radius 3 is 2.60 bits per heavy atom. The fourth-order valence-corrected chi connectivity index (χ4v) is 3.09. The highest BCUT2D eigenvalue weighted by Crippen LogP contribution is 2.24. The first kappa shape index (κ1) is 12.6. The van der Waals surface area contributed by atoms with Gasteiger partial charge in [-0.2, -0.15) is 5.26 Å². The van der Waals surface area contributed by atoms with Gasteiger partial charge in [-0.05, 0) is 36.4 Å². The SMILES string of the molecule is CN(Cc1nc2ccccc2s1)c1ccc(C#N)cc1. The van der Waals surface area contributed by atoms with Gasteiger partial charge in [0.15, 0.2) is 0 Å². The number of thiazole rings is 1. The fourth-order valence-electron chi connectivity index (χ4n) is 2.07. The molecule has 0 N–H and O–H groups in total. The van der Waals surface area contributed by atoms with Crippen molar-refractivity contribution in [3.05, 3.63) is 59.1 Å². The molecule has 1 heterocycles. The standard InChI is InChI=1S/C16H13N3S/c1-19(13-8-6-12(10-17)7-9-13)11-16-18-14-4-2-3-5-15(14)20-16/h2-9H,11H2,1H3. The summed E-state index contributed by atoms with van der Waals surface area (Å²) in [5, 5.41) is 9.91. The van der Waals surface area contributed by atoms with E-state index in [0.717, 1.165) is 22.8 Å². The predicted molar refractivity (Wildman–Crippen MR) is 82.9 cm³/mol. The van der Waals surface area contributed by atoms with Gasteiger partial charge in [-0.1, -0.05) is 12.1 Å². The number of hydrogen-bond donors (Lipinski definition) is 0. The number of rotatable bonds is 3. The molecule has 1 aromatic heterocycles. The highest BCUT2D eigenvalue weighted by atomic mass is 32.1. The number of anilines is 1. The number of fused-ring (bicyclic) bond motifs is 1. The van der Waals surface area contributed by atoms with Crippen molar-refractivity contribution in [1.29, 1.82) is 5.26 Å². The summed E-state index contributed by atoms with van der Waals surface area (Å²) in [7, 11) is 2.04. The molecule has 0 spiro atoms. The number of hydrogen-bond acceptors (Lipinski definition) is 4. The zero-order valence-corrected chi connectivity index (χ0v) is 11.9. The Hall–Kier alpha value is -2.38. The van der Waals surface area contributed by atoms with E-state index in [0.29, 0.717) is 5.56 Å². The molecule has 0 aliphatic carbocycles. The number of benzene rings is 2. The lowest BCUT2D eigenvalue weighted by atomic mass is 10.2. The maximum absolute atomic E-state index is 8.81. The Balaban J connectivity index is 1.80. The molecule has 0 unspecified atom stereocenters. The molecule has 0 aliphatic heterocycles. The molecule has 3 rings (SSSR count). The van der Waals surface area contributed by atoms with Gasteiger partial charge < -0.3 is 4.90 Å². The van der Waals surface area contributed by atoms with Gasteiger partial charge in [0.2, 0.25) is 0 Å². The van der Waals surface area contributed by atoms with Crippen molar-refractivity contribution in [3.63, 3.8) is 0 Å². The largest absolute Gasteiger partial charge is 0.368 e. The minimum Gasteiger partial charge on any atom is -0.368 e. The van der Waals surface area contributed by atoms with E-state index in [1.165, 1.54) is 4.70 Å². The van der Waals surface area contributed by atoms with Crippen LogP contribution in [0.3, 0.4) is 0 Å². The third-order valence-corrected chi connectivity index (χ3v) is 4.17. The normalized spacial score (nSPS) is 10.4. The number of nitriles is 1. The average molecular weight is 279 g/mol. The van der Waals surface area contributed by atoms with Crippen molar-refractivity contribution < 1.29 is 0 Å². The molecule has 0 amide bonds. The van der Waals surface area contributed by atoms with Crippen LogP contribution in [0.1, 0.15) is 10.6 Å². The van der Waals surface area contributed by atoms with Crippen molar-refractivity contribution in [1.82, 2.24) is 4.98 Å². The lowest BCUT2D eigenvalue weighted by Crippen LogP contribution is -2.15. The average Bonchev–Trinajstić information content (AvgIpc) is 2.89. The Bertz CT molecular complexity index is 735. The molecule has 0 aliphatic rings. The molecule has 0 fully saturated rings. The minimum absolute atomic E-state index is 0.683. The third-order valence-electron chi connectivity index (χ3n) is 3.15. The van der Waals surface area contributed by atoms with Crippen molar-refractivity contribution >= 4 is 27.2 Å². The van der Waals surface area contributed by atoms with E-state index >= 15 is 0 Å². The van der Waals surface area contributed by atoms with Crippen LogP contribution in [-0.2, 0) is 6.54 Å². The van der Waals surface area contributed by atoms with E-state index in [9.17, 15) is 0 Å². The summed E-state index contributed by atoms with van der Waals surface area (Å²) in [6, 6.07) is 17.9. The van der Waals surface area contributed by atoms with E-state index in [1.807, 2.05) is 49.5 Å². The van der Waals surface area contributed by atoms with Crippen molar-refractivity contribution in [2.75, 3.05) is 11.9 Å². The summed E-state index contributed by atoms with van der Waals surface area (Å²) < 4.78 is 1.22. The first-order valence-electron chi connectivity index (χ1n) is 6.32. The van der Waals surface area contributed by atoms with Crippen LogP contribution in [0.2, 0.25) is 0 Å². The first-order valence-corrected chi connectivity index (χ1v) is 7.13. The van der Waals surface area contributed by atoms with E-state index in [1.54, 1.807) is 11.3 Å². The zero-order chi connectivity index (χ0) is 13.9. The number of nitrogens with zero attached hydrogens (tertiary/aromatic N) is 3. The van der Waals surface area contributed by atoms with E-state index < -0.39 is 0 Å². The lowest BCUT2D eigenvalue weighted by Gasteiger charge is -2.17. The topological polar surface area (TPSA) is 39.9 Å². The smallest absolute Gasteiger partial charge is 0.113 e. The molecular formula is C16H13N3S.